The molecule has 0 amide bonds. The normalized spacial score (nSPS) is 12.7. The third-order valence-electron chi connectivity index (χ3n) is 1.70. The number of hydrogen-bond donors (Lipinski definition) is 0. The Balaban J connectivity index is 2.82. The molecule has 5 heteroatoms. The van der Waals surface area contributed by atoms with Crippen LogP contribution in [0, 0.1) is 0 Å². The van der Waals surface area contributed by atoms with Crippen LogP contribution >= 0.6 is 0 Å². The number of rotatable bonds is 2. The Labute approximate surface area is 97.9 Å². The Morgan fingerprint density at radius 2 is 2.07 bits per heavy atom. The molecule has 0 N–H and O–H groups in total. The van der Waals surface area contributed by atoms with Crippen LogP contribution in [0.15, 0.2) is 34.6 Å². The van der Waals surface area contributed by atoms with E-state index in [-0.39, 0.29) is 0 Å². The Hall–Kier alpha value is -1.19. The van der Waals surface area contributed by atoms with Crippen molar-refractivity contribution in [2.75, 3.05) is 14.1 Å². The average molecular weight is 268 g/mol. The summed E-state index contributed by atoms with van der Waals surface area (Å²) in [5, 5.41) is 8.12. The topological polar surface area (TPSA) is 40.9 Å². The van der Waals surface area contributed by atoms with E-state index in [1.54, 1.807) is 6.20 Å². The third kappa shape index (κ3) is 3.81. The second kappa shape index (κ2) is 5.63. The summed E-state index contributed by atoms with van der Waals surface area (Å²) in [4.78, 5) is 6.03. The zero-order chi connectivity index (χ0) is 11.3. The summed E-state index contributed by atoms with van der Waals surface area (Å²) in [6.45, 7) is 1.88. The van der Waals surface area contributed by atoms with Gasteiger partial charge in [0.25, 0.3) is 0 Å². The molecule has 1 rings (SSSR count). The van der Waals surface area contributed by atoms with Crippen molar-refractivity contribution < 1.29 is 0 Å². The molecule has 0 atom stereocenters. The molecule has 0 unspecified atom stereocenters. The van der Waals surface area contributed by atoms with Crippen molar-refractivity contribution in [3.8, 4) is 0 Å². The van der Waals surface area contributed by atoms with Gasteiger partial charge in [0.05, 0.1) is 0 Å². The van der Waals surface area contributed by atoms with Gasteiger partial charge in [-0.1, -0.05) is 0 Å². The number of aromatic nitrogens is 1. The molecule has 4 nitrogen and oxygen atoms in total. The second-order valence-electron chi connectivity index (χ2n) is 3.18. The summed E-state index contributed by atoms with van der Waals surface area (Å²) in [7, 11) is 3.81. The number of pyridine rings is 1. The van der Waals surface area contributed by atoms with E-state index in [2.05, 4.69) is 31.2 Å². The van der Waals surface area contributed by atoms with Gasteiger partial charge in [-0.25, -0.2) is 0 Å². The van der Waals surface area contributed by atoms with Crippen LogP contribution in [0.4, 0.5) is 0 Å². The number of amidine groups is 1. The van der Waals surface area contributed by atoms with Crippen LogP contribution in [-0.2, 0) is 0 Å². The molecule has 1 aromatic rings. The van der Waals surface area contributed by atoms with Gasteiger partial charge in [0.1, 0.15) is 0 Å². The van der Waals surface area contributed by atoms with E-state index in [9.17, 15) is 0 Å². The van der Waals surface area contributed by atoms with Crippen molar-refractivity contribution in [2.45, 2.75) is 6.92 Å². The average Bonchev–Trinajstić information content (AvgIpc) is 2.26. The molecule has 0 aliphatic rings. The van der Waals surface area contributed by atoms with Crippen LogP contribution in [0.2, 0.25) is 0 Å². The summed E-state index contributed by atoms with van der Waals surface area (Å²) in [6.07, 6.45) is 1.74. The first-order valence-corrected chi connectivity index (χ1v) is 5.35. The van der Waals surface area contributed by atoms with Gasteiger partial charge in [-0.05, 0) is 0 Å². The van der Waals surface area contributed by atoms with Crippen LogP contribution in [0.25, 0.3) is 0 Å². The molecule has 1 radical (unpaired) electrons. The maximum absolute atomic E-state index is 4.18. The molecule has 0 spiro atoms. The number of nitrogens with zero attached hydrogens (tertiary/aromatic N) is 4. The van der Waals surface area contributed by atoms with Crippen LogP contribution in [0.5, 0.6) is 0 Å². The van der Waals surface area contributed by atoms with E-state index in [1.807, 2.05) is 44.1 Å². The van der Waals surface area contributed by atoms with E-state index in [1.165, 1.54) is 0 Å². The molecule has 1 heterocycles. The van der Waals surface area contributed by atoms with Gasteiger partial charge in [-0.3, -0.25) is 0 Å². The summed E-state index contributed by atoms with van der Waals surface area (Å²) in [6, 6.07) is 5.71. The van der Waals surface area contributed by atoms with Crippen molar-refractivity contribution in [1.29, 1.82) is 0 Å². The minimum absolute atomic E-state index is 0.741. The van der Waals surface area contributed by atoms with Crippen molar-refractivity contribution in [2.24, 2.45) is 10.2 Å². The van der Waals surface area contributed by atoms with Crippen LogP contribution in [0.3, 0.4) is 0 Å². The Morgan fingerprint density at radius 1 is 1.33 bits per heavy atom. The first kappa shape index (κ1) is 11.9. The molecule has 0 aliphatic carbocycles. The molecule has 1 aromatic heterocycles. The van der Waals surface area contributed by atoms with E-state index < -0.39 is 0 Å². The number of hydrogen-bond acceptors (Lipinski definition) is 3. The van der Waals surface area contributed by atoms with Crippen molar-refractivity contribution >= 4 is 26.5 Å². The Bertz CT molecular complexity index is 370. The van der Waals surface area contributed by atoms with Gasteiger partial charge < -0.3 is 0 Å². The predicted octanol–water partition coefficient (Wildman–Crippen LogP) is 0.892. The van der Waals surface area contributed by atoms with E-state index in [0.717, 1.165) is 16.1 Å². The standard InChI is InChI=1S/C10H13N4Se/c1-8(9-6-4-5-7-11-9)12-13-10(15)14(2)3/h4-7H,1-3H3/b12-8?,13-10-. The van der Waals surface area contributed by atoms with Gasteiger partial charge in [-0.2, -0.15) is 0 Å². The van der Waals surface area contributed by atoms with Crippen molar-refractivity contribution in [3.05, 3.63) is 30.1 Å². The summed E-state index contributed by atoms with van der Waals surface area (Å²) >= 11 is 2.83. The van der Waals surface area contributed by atoms with Crippen LogP contribution in [-0.4, -0.2) is 50.4 Å². The molecule has 15 heavy (non-hydrogen) atoms. The molecule has 0 bridgehead atoms. The van der Waals surface area contributed by atoms with E-state index >= 15 is 0 Å². The quantitative estimate of drug-likeness (QED) is 0.346. The predicted molar refractivity (Wildman–Crippen MR) is 63.3 cm³/mol. The molecular formula is C10H13N4Se. The van der Waals surface area contributed by atoms with Crippen LogP contribution < -0.4 is 0 Å². The summed E-state index contributed by atoms with van der Waals surface area (Å²) in [5.41, 5.74) is 1.64. The zero-order valence-electron chi connectivity index (χ0n) is 9.01. The van der Waals surface area contributed by atoms with Gasteiger partial charge in [0.15, 0.2) is 0 Å². The van der Waals surface area contributed by atoms with Gasteiger partial charge in [0.2, 0.25) is 0 Å². The van der Waals surface area contributed by atoms with Crippen LogP contribution in [0.1, 0.15) is 12.6 Å². The van der Waals surface area contributed by atoms with Crippen molar-refractivity contribution in [1.82, 2.24) is 9.88 Å². The third-order valence-corrected chi connectivity index (χ3v) is 2.64. The minimum atomic E-state index is 0.741. The first-order valence-electron chi connectivity index (χ1n) is 4.49. The fourth-order valence-electron chi connectivity index (χ4n) is 0.835. The fourth-order valence-corrected chi connectivity index (χ4v) is 0.921. The molecule has 0 saturated carbocycles. The zero-order valence-corrected chi connectivity index (χ0v) is 10.7. The van der Waals surface area contributed by atoms with Gasteiger partial charge >= 0.3 is 97.7 Å². The maximum atomic E-state index is 4.18. The molecular weight excluding hydrogens is 255 g/mol. The fraction of sp³-hybridized carbons (Fsp3) is 0.300. The van der Waals surface area contributed by atoms with E-state index in [4.69, 9.17) is 0 Å². The monoisotopic (exact) mass is 269 g/mol. The van der Waals surface area contributed by atoms with Crippen molar-refractivity contribution in [3.63, 3.8) is 0 Å². The van der Waals surface area contributed by atoms with Gasteiger partial charge in [0, 0.05) is 0 Å². The molecule has 0 aliphatic heterocycles. The molecule has 0 saturated heterocycles. The Kier molecular flexibility index (Phi) is 4.46. The first-order chi connectivity index (χ1) is 7.11. The summed E-state index contributed by atoms with van der Waals surface area (Å²) in [5.74, 6) is 0. The second-order valence-corrected chi connectivity index (χ2v) is 3.94. The SMILES string of the molecule is CC(=N/N=C(\[Se])N(C)C)c1ccccn1. The molecule has 0 aromatic carbocycles. The summed E-state index contributed by atoms with van der Waals surface area (Å²) < 4.78 is 0.741. The van der Waals surface area contributed by atoms with E-state index in [0.29, 0.717) is 0 Å². The Morgan fingerprint density at radius 3 is 2.60 bits per heavy atom. The molecule has 79 valence electrons. The van der Waals surface area contributed by atoms with Gasteiger partial charge in [-0.15, -0.1) is 0 Å². The molecule has 0 fully saturated rings.